The second kappa shape index (κ2) is 2.27. The summed E-state index contributed by atoms with van der Waals surface area (Å²) in [4.78, 5) is 10.8. The Morgan fingerprint density at radius 2 is 2.40 bits per heavy atom. The van der Waals surface area contributed by atoms with Crippen LogP contribution in [0.4, 0.5) is 0 Å². The van der Waals surface area contributed by atoms with Crippen LogP contribution >= 0.6 is 0 Å². The Morgan fingerprint density at radius 3 is 2.80 bits per heavy atom. The molecule has 1 N–H and O–H groups in total. The van der Waals surface area contributed by atoms with Crippen LogP contribution in [0.15, 0.2) is 0 Å². The molecular formula is C6H12BNO2. The summed E-state index contributed by atoms with van der Waals surface area (Å²) in [5.41, 5.74) is -0.477. The van der Waals surface area contributed by atoms with Gasteiger partial charge in [-0.25, -0.2) is 0 Å². The van der Waals surface area contributed by atoms with E-state index in [1.165, 1.54) is 0 Å². The van der Waals surface area contributed by atoms with Gasteiger partial charge in [-0.2, -0.15) is 0 Å². The molecule has 56 valence electrons. The third-order valence-electron chi connectivity index (χ3n) is 1.44. The van der Waals surface area contributed by atoms with Crippen LogP contribution < -0.4 is 5.32 Å². The highest BCUT2D eigenvalue weighted by Crippen LogP contribution is 2.13. The van der Waals surface area contributed by atoms with Gasteiger partial charge in [0.25, 0.3) is 0 Å². The molecule has 0 radical (unpaired) electrons. The first kappa shape index (κ1) is 7.60. The molecule has 1 atom stereocenters. The molecule has 1 heterocycles. The molecule has 0 saturated carbocycles. The molecule has 10 heavy (non-hydrogen) atoms. The van der Waals surface area contributed by atoms with E-state index in [1.807, 2.05) is 21.7 Å². The minimum Gasteiger partial charge on any atom is -0.444 e. The monoisotopic (exact) mass is 141 g/mol. The highest BCUT2D eigenvalue weighted by molar-refractivity contribution is 6.13. The summed E-state index contributed by atoms with van der Waals surface area (Å²) >= 11 is 0. The number of esters is 1. The highest BCUT2D eigenvalue weighted by atomic mass is 16.6. The summed E-state index contributed by atoms with van der Waals surface area (Å²) in [5, 5.41) is 3.14. The number of carbonyl (C=O) groups is 1. The van der Waals surface area contributed by atoms with Crippen molar-refractivity contribution >= 4 is 13.8 Å². The van der Waals surface area contributed by atoms with Gasteiger partial charge in [0.1, 0.15) is 7.85 Å². The van der Waals surface area contributed by atoms with E-state index in [-0.39, 0.29) is 11.9 Å². The topological polar surface area (TPSA) is 38.3 Å². The molecule has 0 aromatic heterocycles. The Hall–Kier alpha value is -0.505. The highest BCUT2D eigenvalue weighted by Gasteiger charge is 2.30. The van der Waals surface area contributed by atoms with Crippen molar-refractivity contribution in [1.82, 2.24) is 5.32 Å². The second-order valence-corrected chi connectivity index (χ2v) is 3.23. The number of ether oxygens (including phenoxy) is 1. The van der Waals surface area contributed by atoms with Gasteiger partial charge in [0.15, 0.2) is 5.72 Å². The van der Waals surface area contributed by atoms with Gasteiger partial charge in [0.2, 0.25) is 0 Å². The molecule has 0 bridgehead atoms. The molecule has 1 aliphatic rings. The Bertz CT molecular complexity index is 158. The number of hydrogen-bond donors (Lipinski definition) is 1. The molecule has 0 aromatic carbocycles. The first-order chi connectivity index (χ1) is 4.49. The van der Waals surface area contributed by atoms with E-state index in [1.54, 1.807) is 0 Å². The van der Waals surface area contributed by atoms with E-state index in [9.17, 15) is 4.79 Å². The molecule has 3 nitrogen and oxygen atoms in total. The molecule has 1 unspecified atom stereocenters. The normalized spacial score (nSPS) is 31.4. The number of rotatable bonds is 0. The quantitative estimate of drug-likeness (QED) is 0.355. The molecule has 1 rings (SSSR count). The number of hydrogen-bond acceptors (Lipinski definition) is 3. The van der Waals surface area contributed by atoms with Crippen LogP contribution in [0, 0.1) is 0 Å². The molecule has 0 amide bonds. The zero-order chi connectivity index (χ0) is 7.78. The van der Waals surface area contributed by atoms with Crippen LogP contribution in [0.5, 0.6) is 0 Å². The fraction of sp³-hybridized carbons (Fsp3) is 0.833. The number of carbonyl (C=O) groups excluding carboxylic acids is 1. The Balaban J connectivity index is 2.59. The summed E-state index contributed by atoms with van der Waals surface area (Å²) in [6.45, 7) is 3.70. The van der Waals surface area contributed by atoms with Crippen LogP contribution in [-0.4, -0.2) is 25.5 Å². The van der Waals surface area contributed by atoms with Gasteiger partial charge in [-0.3, -0.25) is 10.1 Å². The van der Waals surface area contributed by atoms with Crippen molar-refractivity contribution in [3.05, 3.63) is 0 Å². The second-order valence-electron chi connectivity index (χ2n) is 3.23. The number of nitrogens with one attached hydrogen (secondary N) is 1. The largest absolute Gasteiger partial charge is 0.444 e. The summed E-state index contributed by atoms with van der Waals surface area (Å²) in [7, 11) is 1.97. The molecule has 1 saturated heterocycles. The van der Waals surface area contributed by atoms with Crippen LogP contribution in [0.25, 0.3) is 0 Å². The van der Waals surface area contributed by atoms with Crippen molar-refractivity contribution < 1.29 is 9.53 Å². The van der Waals surface area contributed by atoms with Crippen molar-refractivity contribution in [1.29, 1.82) is 0 Å². The van der Waals surface area contributed by atoms with E-state index >= 15 is 0 Å². The Kier molecular flexibility index (Phi) is 1.73. The zero-order valence-electron chi connectivity index (χ0n) is 6.60. The summed E-state index contributed by atoms with van der Waals surface area (Å²) in [6, 6.07) is 0. The van der Waals surface area contributed by atoms with Gasteiger partial charge in [0.05, 0.1) is 6.42 Å². The van der Waals surface area contributed by atoms with E-state index in [2.05, 4.69) is 5.32 Å². The maximum atomic E-state index is 10.8. The molecular weight excluding hydrogens is 129 g/mol. The third kappa shape index (κ3) is 1.74. The van der Waals surface area contributed by atoms with Crippen LogP contribution in [0.1, 0.15) is 20.3 Å². The zero-order valence-corrected chi connectivity index (χ0v) is 6.60. The number of cyclic esters (lactones) is 1. The SMILES string of the molecule is BC1CC(=O)OC(C)(C)N1. The van der Waals surface area contributed by atoms with Crippen molar-refractivity contribution in [2.24, 2.45) is 0 Å². The predicted octanol–water partition coefficient (Wildman–Crippen LogP) is -0.782. The van der Waals surface area contributed by atoms with Gasteiger partial charge >= 0.3 is 5.97 Å². The van der Waals surface area contributed by atoms with Crippen molar-refractivity contribution in [2.75, 3.05) is 0 Å². The minimum absolute atomic E-state index is 0.115. The van der Waals surface area contributed by atoms with Crippen molar-refractivity contribution in [3.63, 3.8) is 0 Å². The lowest BCUT2D eigenvalue weighted by Gasteiger charge is -2.34. The molecule has 0 aliphatic carbocycles. The van der Waals surface area contributed by atoms with E-state index in [0.29, 0.717) is 6.42 Å². The van der Waals surface area contributed by atoms with Crippen LogP contribution in [0.3, 0.4) is 0 Å². The average Bonchev–Trinajstić information content (AvgIpc) is 1.54. The molecule has 0 spiro atoms. The van der Waals surface area contributed by atoms with Crippen LogP contribution in [0.2, 0.25) is 0 Å². The maximum absolute atomic E-state index is 10.8. The minimum atomic E-state index is -0.477. The lowest BCUT2D eigenvalue weighted by atomic mass is 9.91. The average molecular weight is 141 g/mol. The molecule has 4 heteroatoms. The summed E-state index contributed by atoms with van der Waals surface area (Å²) in [5.74, 6) is 0.118. The van der Waals surface area contributed by atoms with Gasteiger partial charge in [-0.05, 0) is 19.8 Å². The molecule has 0 aromatic rings. The first-order valence-corrected chi connectivity index (χ1v) is 3.49. The van der Waals surface area contributed by atoms with Crippen molar-refractivity contribution in [2.45, 2.75) is 31.9 Å². The molecule has 1 fully saturated rings. The summed E-state index contributed by atoms with van der Waals surface area (Å²) < 4.78 is 4.99. The third-order valence-corrected chi connectivity index (χ3v) is 1.44. The fourth-order valence-electron chi connectivity index (χ4n) is 1.25. The first-order valence-electron chi connectivity index (χ1n) is 3.49. The summed E-state index contributed by atoms with van der Waals surface area (Å²) in [6.07, 6.45) is 0.476. The standard InChI is InChI=1S/C6H12BNO2/c1-6(2)8-4(7)3-5(9)10-6/h4,8H,3,7H2,1-2H3. The van der Waals surface area contributed by atoms with E-state index in [0.717, 1.165) is 0 Å². The van der Waals surface area contributed by atoms with Gasteiger partial charge in [-0.1, -0.05) is 0 Å². The lowest BCUT2D eigenvalue weighted by molar-refractivity contribution is -0.166. The van der Waals surface area contributed by atoms with Crippen molar-refractivity contribution in [3.8, 4) is 0 Å². The predicted molar refractivity (Wildman–Crippen MR) is 40.3 cm³/mol. The Labute approximate surface area is 61.5 Å². The molecule has 1 aliphatic heterocycles. The van der Waals surface area contributed by atoms with Gasteiger partial charge < -0.3 is 4.74 Å². The maximum Gasteiger partial charge on any atom is 0.308 e. The van der Waals surface area contributed by atoms with Gasteiger partial charge in [-0.15, -0.1) is 0 Å². The van der Waals surface area contributed by atoms with Gasteiger partial charge in [0, 0.05) is 0 Å². The fourth-order valence-corrected chi connectivity index (χ4v) is 1.25. The van der Waals surface area contributed by atoms with Crippen LogP contribution in [-0.2, 0) is 9.53 Å². The van der Waals surface area contributed by atoms with E-state index in [4.69, 9.17) is 4.74 Å². The smallest absolute Gasteiger partial charge is 0.308 e. The lowest BCUT2D eigenvalue weighted by Crippen LogP contribution is -2.54. The Morgan fingerprint density at radius 1 is 1.80 bits per heavy atom. The van der Waals surface area contributed by atoms with E-state index < -0.39 is 5.72 Å².